The lowest BCUT2D eigenvalue weighted by atomic mass is 9.98. The largest absolute Gasteiger partial charge is 0.342 e. The molecule has 3 heterocycles. The van der Waals surface area contributed by atoms with Gasteiger partial charge in [0.1, 0.15) is 0 Å². The second kappa shape index (κ2) is 6.46. The molecule has 25 heavy (non-hydrogen) atoms. The number of hydrogen-bond acceptors (Lipinski definition) is 4. The zero-order valence-electron chi connectivity index (χ0n) is 14.5. The minimum Gasteiger partial charge on any atom is -0.342 e. The van der Waals surface area contributed by atoms with Crippen LogP contribution in [0.4, 0.5) is 0 Å². The van der Waals surface area contributed by atoms with Crippen molar-refractivity contribution in [2.24, 2.45) is 17.6 Å². The molecular weight excluding hydrogens is 342 g/mol. The van der Waals surface area contributed by atoms with E-state index in [9.17, 15) is 9.59 Å². The van der Waals surface area contributed by atoms with E-state index >= 15 is 0 Å². The Morgan fingerprint density at radius 2 is 2.12 bits per heavy atom. The van der Waals surface area contributed by atoms with Gasteiger partial charge in [0.15, 0.2) is 5.65 Å². The fourth-order valence-corrected chi connectivity index (χ4v) is 4.39. The minimum atomic E-state index is -0.185. The Bertz CT molecular complexity index is 874. The van der Waals surface area contributed by atoms with E-state index in [1.54, 1.807) is 4.52 Å². The summed E-state index contributed by atoms with van der Waals surface area (Å²) in [6.45, 7) is 5.40. The van der Waals surface area contributed by atoms with Crippen molar-refractivity contribution in [3.8, 4) is 0 Å². The van der Waals surface area contributed by atoms with Gasteiger partial charge >= 0.3 is 0 Å². The van der Waals surface area contributed by atoms with Crippen LogP contribution in [-0.2, 0) is 11.2 Å². The predicted molar refractivity (Wildman–Crippen MR) is 97.0 cm³/mol. The second-order valence-electron chi connectivity index (χ2n) is 7.22. The average Bonchev–Trinajstić information content (AvgIpc) is 3.19. The van der Waals surface area contributed by atoms with Crippen LogP contribution in [0.2, 0.25) is 0 Å². The fraction of sp³-hybridized carbons (Fsp3) is 0.588. The zero-order valence-corrected chi connectivity index (χ0v) is 15.3. The molecule has 1 saturated carbocycles. The van der Waals surface area contributed by atoms with Crippen molar-refractivity contribution in [1.82, 2.24) is 19.5 Å². The minimum absolute atomic E-state index is 0. The van der Waals surface area contributed by atoms with Crippen molar-refractivity contribution in [2.75, 3.05) is 13.1 Å². The van der Waals surface area contributed by atoms with Crippen molar-refractivity contribution < 1.29 is 4.79 Å². The molecule has 0 spiro atoms. The summed E-state index contributed by atoms with van der Waals surface area (Å²) in [5.41, 5.74) is 9.12. The molecule has 3 unspecified atom stereocenters. The molecule has 0 radical (unpaired) electrons. The van der Waals surface area contributed by atoms with Crippen LogP contribution in [0.1, 0.15) is 29.8 Å². The summed E-state index contributed by atoms with van der Waals surface area (Å²) in [5, 5.41) is 2.73. The van der Waals surface area contributed by atoms with Crippen LogP contribution in [0.15, 0.2) is 10.9 Å². The molecular formula is C17H24ClN5O2. The lowest BCUT2D eigenvalue weighted by Gasteiger charge is -2.20. The van der Waals surface area contributed by atoms with Crippen molar-refractivity contribution in [3.05, 3.63) is 33.4 Å². The van der Waals surface area contributed by atoms with Gasteiger partial charge in [-0.25, -0.2) is 9.50 Å². The monoisotopic (exact) mass is 365 g/mol. The quantitative estimate of drug-likeness (QED) is 0.822. The summed E-state index contributed by atoms with van der Waals surface area (Å²) >= 11 is 0. The van der Waals surface area contributed by atoms with Gasteiger partial charge in [-0.05, 0) is 38.5 Å². The lowest BCUT2D eigenvalue weighted by molar-refractivity contribution is -0.129. The highest BCUT2D eigenvalue weighted by Gasteiger charge is 2.42. The van der Waals surface area contributed by atoms with E-state index in [1.165, 1.54) is 6.07 Å². The molecule has 4 rings (SSSR count). The Morgan fingerprint density at radius 1 is 1.36 bits per heavy atom. The molecule has 1 aliphatic heterocycles. The first-order valence-corrected chi connectivity index (χ1v) is 8.55. The smallest absolute Gasteiger partial charge is 0.266 e. The van der Waals surface area contributed by atoms with Gasteiger partial charge in [-0.1, -0.05) is 0 Å². The number of H-pyrrole nitrogens is 1. The number of fused-ring (bicyclic) bond motifs is 2. The van der Waals surface area contributed by atoms with Crippen LogP contribution in [0.25, 0.3) is 5.65 Å². The van der Waals surface area contributed by atoms with E-state index in [4.69, 9.17) is 5.73 Å². The maximum absolute atomic E-state index is 12.8. The van der Waals surface area contributed by atoms with Gasteiger partial charge in [0.25, 0.3) is 5.56 Å². The highest BCUT2D eigenvalue weighted by atomic mass is 35.5. The summed E-state index contributed by atoms with van der Waals surface area (Å²) < 4.78 is 1.66. The number of hydrogen-bond donors (Lipinski definition) is 2. The van der Waals surface area contributed by atoms with Gasteiger partial charge < -0.3 is 10.6 Å². The maximum atomic E-state index is 12.8. The van der Waals surface area contributed by atoms with Gasteiger partial charge in [-0.2, -0.15) is 0 Å². The van der Waals surface area contributed by atoms with Gasteiger partial charge in [-0.15, -0.1) is 12.4 Å². The number of rotatable bonds is 2. The SMILES string of the molecule is Cc1nc2cc(=O)[nH]n2c(C)c1CC(=O)N1CC2CCC(N)C2C1.Cl. The van der Waals surface area contributed by atoms with Crippen LogP contribution in [-0.4, -0.2) is 44.5 Å². The topological polar surface area (TPSA) is 96.5 Å². The third-order valence-corrected chi connectivity index (χ3v) is 5.80. The van der Waals surface area contributed by atoms with E-state index in [1.807, 2.05) is 18.7 Å². The summed E-state index contributed by atoms with van der Waals surface area (Å²) in [5.74, 6) is 1.14. The number of aromatic amines is 1. The standard InChI is InChI=1S/C17H23N5O2.ClH/c1-9-12(10(2)22-15(19-9)6-16(23)20-22)5-17(24)21-7-11-3-4-14(18)13(11)8-21;/h6,11,13-14H,3-5,7-8,18H2,1-2H3,(H,20,23);1H. The summed E-state index contributed by atoms with van der Waals surface area (Å²) in [4.78, 5) is 30.7. The molecule has 1 saturated heterocycles. The summed E-state index contributed by atoms with van der Waals surface area (Å²) in [6.07, 6.45) is 2.53. The molecule has 136 valence electrons. The Kier molecular flexibility index (Phi) is 4.64. The Balaban J connectivity index is 0.00000182. The van der Waals surface area contributed by atoms with Gasteiger partial charge in [0.05, 0.1) is 6.42 Å². The molecule has 2 aromatic rings. The molecule has 2 aliphatic rings. The number of nitrogens with zero attached hydrogens (tertiary/aromatic N) is 3. The zero-order chi connectivity index (χ0) is 17.0. The molecule has 2 aromatic heterocycles. The van der Waals surface area contributed by atoms with Crippen molar-refractivity contribution in [1.29, 1.82) is 0 Å². The highest BCUT2D eigenvalue weighted by molar-refractivity contribution is 5.85. The predicted octanol–water partition coefficient (Wildman–Crippen LogP) is 0.799. The van der Waals surface area contributed by atoms with Crippen molar-refractivity contribution in [2.45, 2.75) is 39.2 Å². The third kappa shape index (κ3) is 2.95. The average molecular weight is 366 g/mol. The van der Waals surface area contributed by atoms with Crippen LogP contribution in [0.5, 0.6) is 0 Å². The van der Waals surface area contributed by atoms with Crippen LogP contribution in [0, 0.1) is 25.7 Å². The van der Waals surface area contributed by atoms with Crippen molar-refractivity contribution in [3.63, 3.8) is 0 Å². The van der Waals surface area contributed by atoms with Crippen LogP contribution >= 0.6 is 12.4 Å². The number of amides is 1. The molecule has 8 heteroatoms. The number of aromatic nitrogens is 3. The normalized spacial score (nSPS) is 25.2. The molecule has 7 nitrogen and oxygen atoms in total. The molecule has 1 amide bonds. The number of halogens is 1. The van der Waals surface area contributed by atoms with E-state index in [-0.39, 0.29) is 29.9 Å². The number of nitrogens with two attached hydrogens (primary N) is 1. The molecule has 0 aromatic carbocycles. The molecule has 1 aliphatic carbocycles. The Hall–Kier alpha value is -1.86. The molecule has 0 bridgehead atoms. The number of aryl methyl sites for hydroxylation is 2. The van der Waals surface area contributed by atoms with Gasteiger partial charge in [0, 0.05) is 42.1 Å². The van der Waals surface area contributed by atoms with E-state index in [0.29, 0.717) is 23.9 Å². The van der Waals surface area contributed by atoms with E-state index in [0.717, 1.165) is 42.9 Å². The summed E-state index contributed by atoms with van der Waals surface area (Å²) in [7, 11) is 0. The van der Waals surface area contributed by atoms with Crippen molar-refractivity contribution >= 4 is 24.0 Å². The van der Waals surface area contributed by atoms with Crippen LogP contribution in [0.3, 0.4) is 0 Å². The van der Waals surface area contributed by atoms with Gasteiger partial charge in [-0.3, -0.25) is 14.7 Å². The first kappa shape index (κ1) is 17.9. The number of likely N-dealkylation sites (tertiary alicyclic amines) is 1. The van der Waals surface area contributed by atoms with Crippen LogP contribution < -0.4 is 11.3 Å². The Labute approximate surface area is 152 Å². The van der Waals surface area contributed by atoms with E-state index < -0.39 is 0 Å². The second-order valence-corrected chi connectivity index (χ2v) is 7.22. The first-order chi connectivity index (χ1) is 11.4. The molecule has 3 atom stereocenters. The molecule has 3 N–H and O–H groups in total. The fourth-order valence-electron chi connectivity index (χ4n) is 4.39. The van der Waals surface area contributed by atoms with E-state index in [2.05, 4.69) is 10.1 Å². The Morgan fingerprint density at radius 3 is 2.84 bits per heavy atom. The number of carbonyl (C=O) groups excluding carboxylic acids is 1. The maximum Gasteiger partial charge on any atom is 0.266 e. The number of nitrogens with one attached hydrogen (secondary N) is 1. The molecule has 2 fully saturated rings. The first-order valence-electron chi connectivity index (χ1n) is 8.55. The highest BCUT2D eigenvalue weighted by Crippen LogP contribution is 2.37. The summed E-state index contributed by atoms with van der Waals surface area (Å²) in [6, 6.07) is 1.70. The lowest BCUT2D eigenvalue weighted by Crippen LogP contribution is -2.34. The third-order valence-electron chi connectivity index (χ3n) is 5.80. The van der Waals surface area contributed by atoms with Gasteiger partial charge in [0.2, 0.25) is 5.91 Å². The number of carbonyl (C=O) groups is 1.